The lowest BCUT2D eigenvalue weighted by Gasteiger charge is -2.21. The van der Waals surface area contributed by atoms with Gasteiger partial charge in [-0.05, 0) is 90.6 Å². The molecule has 0 bridgehead atoms. The molecule has 0 saturated carbocycles. The number of esters is 3. The van der Waals surface area contributed by atoms with Crippen LogP contribution in [0.2, 0.25) is 0 Å². The van der Waals surface area contributed by atoms with Gasteiger partial charge in [0.05, 0.1) is 0 Å². The van der Waals surface area contributed by atoms with E-state index in [0.717, 1.165) is 109 Å². The maximum Gasteiger partial charge on any atom is 0.407 e. The Hall–Kier alpha value is -3.14. The number of amides is 1. The van der Waals surface area contributed by atoms with E-state index in [1.54, 1.807) is 0 Å². The summed E-state index contributed by atoms with van der Waals surface area (Å²) < 4.78 is 22.3. The van der Waals surface area contributed by atoms with Gasteiger partial charge in [0.25, 0.3) is 0 Å². The van der Waals surface area contributed by atoms with Gasteiger partial charge in [-0.2, -0.15) is 0 Å². The minimum atomic E-state index is -0.919. The number of carbonyl (C=O) groups excluding carboxylic acids is 4. The monoisotopic (exact) mass is 791 g/mol. The fourth-order valence-electron chi connectivity index (χ4n) is 5.91. The summed E-state index contributed by atoms with van der Waals surface area (Å²) in [5.41, 5.74) is 0. The number of likely N-dealkylation sites (N-methyl/N-ethyl adjacent to an activating group) is 1. The van der Waals surface area contributed by atoms with Gasteiger partial charge in [0, 0.05) is 32.4 Å². The topological polar surface area (TPSA) is 120 Å². The molecule has 10 nitrogen and oxygen atoms in total. The highest BCUT2D eigenvalue weighted by atomic mass is 16.6. The lowest BCUT2D eigenvalue weighted by atomic mass is 10.1. The molecule has 10 heteroatoms. The van der Waals surface area contributed by atoms with Crippen molar-refractivity contribution in [2.75, 3.05) is 39.9 Å². The third kappa shape index (κ3) is 36.5. The molecule has 2 atom stereocenters. The third-order valence-electron chi connectivity index (χ3n) is 9.66. The van der Waals surface area contributed by atoms with E-state index in [2.05, 4.69) is 54.9 Å². The van der Waals surface area contributed by atoms with Crippen LogP contribution in [0.4, 0.5) is 4.79 Å². The first-order valence-corrected chi connectivity index (χ1v) is 22.3. The van der Waals surface area contributed by atoms with Crippen LogP contribution in [0, 0.1) is 0 Å². The summed E-state index contributed by atoms with van der Waals surface area (Å²) in [6, 6.07) is 0. The van der Waals surface area contributed by atoms with Crippen molar-refractivity contribution in [3.05, 3.63) is 37.0 Å². The van der Waals surface area contributed by atoms with E-state index < -0.39 is 24.3 Å². The molecular formula is C46H82N2O8. The molecule has 0 fully saturated rings. The zero-order valence-electron chi connectivity index (χ0n) is 36.2. The normalized spacial score (nSPS) is 12.5. The van der Waals surface area contributed by atoms with Gasteiger partial charge in [-0.25, -0.2) is 4.79 Å². The van der Waals surface area contributed by atoms with Crippen LogP contribution in [0.25, 0.3) is 0 Å². The van der Waals surface area contributed by atoms with E-state index in [9.17, 15) is 19.2 Å². The molecule has 0 rings (SSSR count). The molecule has 0 aromatic rings. The van der Waals surface area contributed by atoms with Gasteiger partial charge >= 0.3 is 24.0 Å². The van der Waals surface area contributed by atoms with Crippen molar-refractivity contribution >= 4 is 24.0 Å². The van der Waals surface area contributed by atoms with E-state index in [1.165, 1.54) is 25.7 Å². The summed E-state index contributed by atoms with van der Waals surface area (Å²) in [4.78, 5) is 52.7. The molecule has 2 unspecified atom stereocenters. The lowest BCUT2D eigenvalue weighted by Crippen LogP contribution is -2.35. The Balaban J connectivity index is 4.83. The number of hydrogen-bond acceptors (Lipinski definition) is 9. The molecular weight excluding hydrogens is 709 g/mol. The Bertz CT molecular complexity index is 1050. The quantitative estimate of drug-likeness (QED) is 0.0281. The summed E-state index contributed by atoms with van der Waals surface area (Å²) >= 11 is 0. The van der Waals surface area contributed by atoms with Crippen LogP contribution in [0.5, 0.6) is 0 Å². The van der Waals surface area contributed by atoms with Gasteiger partial charge < -0.3 is 29.2 Å². The minimum Gasteiger partial charge on any atom is -0.462 e. The van der Waals surface area contributed by atoms with Crippen LogP contribution in [0.3, 0.4) is 0 Å². The zero-order chi connectivity index (χ0) is 41.3. The second-order valence-corrected chi connectivity index (χ2v) is 14.9. The van der Waals surface area contributed by atoms with Crippen LogP contribution in [0.15, 0.2) is 37.0 Å². The van der Waals surface area contributed by atoms with E-state index in [1.807, 2.05) is 20.0 Å². The average molecular weight is 791 g/mol. The smallest absolute Gasteiger partial charge is 0.407 e. The summed E-state index contributed by atoms with van der Waals surface area (Å²) in [5.74, 6) is -1.25. The number of nitrogens with zero attached hydrogens (tertiary/aromatic N) is 1. The first-order chi connectivity index (χ1) is 27.2. The summed E-state index contributed by atoms with van der Waals surface area (Å²) in [6.07, 6.45) is 31.5. The van der Waals surface area contributed by atoms with Crippen molar-refractivity contribution in [2.24, 2.45) is 0 Å². The van der Waals surface area contributed by atoms with Crippen LogP contribution < -0.4 is 5.32 Å². The van der Waals surface area contributed by atoms with Gasteiger partial charge in [-0.3, -0.25) is 14.4 Å². The van der Waals surface area contributed by atoms with Crippen molar-refractivity contribution in [2.45, 2.75) is 193 Å². The van der Waals surface area contributed by atoms with Crippen LogP contribution >= 0.6 is 0 Å². The largest absolute Gasteiger partial charge is 0.462 e. The van der Waals surface area contributed by atoms with E-state index in [0.29, 0.717) is 25.9 Å². The lowest BCUT2D eigenvalue weighted by molar-refractivity contribution is -0.167. The molecule has 0 radical (unpaired) electrons. The number of carbonyl (C=O) groups is 4. The molecule has 0 heterocycles. The molecule has 0 aliphatic carbocycles. The molecule has 1 N–H and O–H groups in total. The predicted molar refractivity (Wildman–Crippen MR) is 228 cm³/mol. The van der Waals surface area contributed by atoms with Crippen molar-refractivity contribution in [1.82, 2.24) is 10.2 Å². The van der Waals surface area contributed by atoms with Crippen molar-refractivity contribution in [1.29, 1.82) is 0 Å². The highest BCUT2D eigenvalue weighted by Crippen LogP contribution is 2.15. The fraction of sp³-hybridized carbons (Fsp3) is 0.783. The van der Waals surface area contributed by atoms with Gasteiger partial charge in [-0.1, -0.05) is 115 Å². The van der Waals surface area contributed by atoms with Gasteiger partial charge in [-0.15, -0.1) is 6.58 Å². The molecule has 0 spiro atoms. The number of hydrogen-bond donors (Lipinski definition) is 1. The summed E-state index contributed by atoms with van der Waals surface area (Å²) in [7, 11) is 1.98. The number of unbranched alkanes of at least 4 members (excludes halogenated alkanes) is 15. The number of nitrogens with one attached hydrogen (secondary N) is 1. The second kappa shape index (κ2) is 40.1. The van der Waals surface area contributed by atoms with Gasteiger partial charge in [0.2, 0.25) is 0 Å². The molecule has 56 heavy (non-hydrogen) atoms. The maximum atomic E-state index is 13.0. The Kier molecular flexibility index (Phi) is 37.8. The number of rotatable bonds is 39. The molecule has 0 aromatic carbocycles. The highest BCUT2D eigenvalue weighted by Gasteiger charge is 2.22. The Morgan fingerprint density at radius 2 is 1.12 bits per heavy atom. The molecule has 0 aromatic heterocycles. The SMILES string of the molecule is C=CCCCCCCCC(=O)OCC(COC(=O)CCCCCCC/C=C\C/C=C\CCCCC)OC(=O)CCC(CCCCC)OC(=O)NCCN(C)CC. The number of allylic oxidation sites excluding steroid dienone is 5. The van der Waals surface area contributed by atoms with Gasteiger partial charge in [0.1, 0.15) is 19.3 Å². The molecule has 1 amide bonds. The zero-order valence-corrected chi connectivity index (χ0v) is 36.2. The molecule has 0 aliphatic heterocycles. The number of alkyl carbamates (subject to hydrolysis) is 1. The summed E-state index contributed by atoms with van der Waals surface area (Å²) in [6.45, 7) is 11.8. The first kappa shape index (κ1) is 52.9. The van der Waals surface area contributed by atoms with Crippen LogP contribution in [0.1, 0.15) is 181 Å². The second-order valence-electron chi connectivity index (χ2n) is 14.9. The van der Waals surface area contributed by atoms with Gasteiger partial charge in [0.15, 0.2) is 6.10 Å². The van der Waals surface area contributed by atoms with Crippen molar-refractivity contribution in [3.8, 4) is 0 Å². The molecule has 0 saturated heterocycles. The number of ether oxygens (including phenoxy) is 4. The van der Waals surface area contributed by atoms with Crippen molar-refractivity contribution < 1.29 is 38.1 Å². The standard InChI is InChI=1S/C46H82N2O8/c1-6-10-13-15-17-18-19-20-21-22-23-24-26-28-31-34-44(50)54-40-42(39-53-43(49)33-30-27-25-16-14-11-7-2)55-45(51)36-35-41(32-29-12-8-3)56-46(52)47-37-38-48(5)9-4/h7,17-18,20-21,41-42H,2,6,8-16,19,22-40H2,1,3-5H3,(H,47,52)/b18-17-,21-20-. The molecule has 0 aliphatic rings. The third-order valence-corrected chi connectivity index (χ3v) is 9.66. The Morgan fingerprint density at radius 1 is 0.589 bits per heavy atom. The van der Waals surface area contributed by atoms with E-state index in [-0.39, 0.29) is 44.4 Å². The molecule has 324 valence electrons. The highest BCUT2D eigenvalue weighted by molar-refractivity contribution is 5.71. The Labute approximate surface area is 342 Å². The first-order valence-electron chi connectivity index (χ1n) is 22.3. The predicted octanol–water partition coefficient (Wildman–Crippen LogP) is 11.1. The summed E-state index contributed by atoms with van der Waals surface area (Å²) in [5, 5.41) is 2.79. The Morgan fingerprint density at radius 3 is 1.70 bits per heavy atom. The van der Waals surface area contributed by atoms with Crippen LogP contribution in [-0.4, -0.2) is 81.0 Å². The maximum absolute atomic E-state index is 13.0. The van der Waals surface area contributed by atoms with E-state index >= 15 is 0 Å². The fourth-order valence-corrected chi connectivity index (χ4v) is 5.91. The van der Waals surface area contributed by atoms with E-state index in [4.69, 9.17) is 18.9 Å². The van der Waals surface area contributed by atoms with Crippen LogP contribution in [-0.2, 0) is 33.3 Å². The minimum absolute atomic E-state index is 0.0128. The van der Waals surface area contributed by atoms with Crippen molar-refractivity contribution in [3.63, 3.8) is 0 Å². The average Bonchev–Trinajstić information content (AvgIpc) is 3.18.